The van der Waals surface area contributed by atoms with Crippen LogP contribution in [0.5, 0.6) is 0 Å². The number of rotatable bonds is 1. The van der Waals surface area contributed by atoms with E-state index in [0.717, 1.165) is 0 Å². The van der Waals surface area contributed by atoms with Crippen LogP contribution in [-0.4, -0.2) is 27.9 Å². The smallest absolute Gasteiger partial charge is 0.203 e. The summed E-state index contributed by atoms with van der Waals surface area (Å²) < 4.78 is 108. The SMILES string of the molecule is O=S(=O)(C(F)(F)F)S(=O)(=O)C(F)(F)F. The maximum absolute atomic E-state index is 11.4. The van der Waals surface area contributed by atoms with Gasteiger partial charge in [0.25, 0.3) is 0 Å². The molecule has 4 nitrogen and oxygen atoms in total. The molecule has 0 aromatic carbocycles. The average Bonchev–Trinajstić information content (AvgIpc) is 1.81. The molecule has 86 valence electrons. The van der Waals surface area contributed by atoms with Crippen molar-refractivity contribution in [2.24, 2.45) is 0 Å². The predicted molar refractivity (Wildman–Crippen MR) is 29.9 cm³/mol. The van der Waals surface area contributed by atoms with Gasteiger partial charge in [-0.15, -0.1) is 0 Å². The molecule has 14 heavy (non-hydrogen) atoms. The van der Waals surface area contributed by atoms with E-state index in [1.54, 1.807) is 0 Å². The highest BCUT2D eigenvalue weighted by molar-refractivity contribution is 8.67. The van der Waals surface area contributed by atoms with E-state index in [4.69, 9.17) is 0 Å². The van der Waals surface area contributed by atoms with E-state index in [1.165, 1.54) is 0 Å². The molecule has 0 aliphatic rings. The summed E-state index contributed by atoms with van der Waals surface area (Å²) >= 11 is 0. The van der Waals surface area contributed by atoms with E-state index in [2.05, 4.69) is 0 Å². The molecule has 0 unspecified atom stereocenters. The van der Waals surface area contributed by atoms with E-state index in [9.17, 15) is 43.2 Å². The summed E-state index contributed by atoms with van der Waals surface area (Å²) in [6.45, 7) is 0. The van der Waals surface area contributed by atoms with Crippen molar-refractivity contribution in [1.29, 1.82) is 0 Å². The minimum absolute atomic E-state index is 6.50. The predicted octanol–water partition coefficient (Wildman–Crippen LogP) is 0.771. The summed E-state index contributed by atoms with van der Waals surface area (Å²) in [6.07, 6.45) is 0. The lowest BCUT2D eigenvalue weighted by Crippen LogP contribution is -2.39. The van der Waals surface area contributed by atoms with Crippen molar-refractivity contribution in [3.05, 3.63) is 0 Å². The topological polar surface area (TPSA) is 68.3 Å². The summed E-state index contributed by atoms with van der Waals surface area (Å²) in [6, 6.07) is 0. The van der Waals surface area contributed by atoms with Crippen LogP contribution in [-0.2, 0) is 17.7 Å². The minimum atomic E-state index is -7.29. The second kappa shape index (κ2) is 2.98. The summed E-state index contributed by atoms with van der Waals surface area (Å²) in [5, 5.41) is 0. The van der Waals surface area contributed by atoms with Gasteiger partial charge in [0.05, 0.1) is 0 Å². The molecule has 0 aliphatic heterocycles. The van der Waals surface area contributed by atoms with Crippen molar-refractivity contribution in [3.63, 3.8) is 0 Å². The Kier molecular flexibility index (Phi) is 2.87. The first kappa shape index (κ1) is 13.5. The van der Waals surface area contributed by atoms with Gasteiger partial charge in [-0.1, -0.05) is 0 Å². The first-order chi connectivity index (χ1) is 5.75. The molecule has 0 aromatic rings. The van der Waals surface area contributed by atoms with Crippen LogP contribution >= 0.6 is 0 Å². The molecule has 0 bridgehead atoms. The van der Waals surface area contributed by atoms with Crippen molar-refractivity contribution in [2.45, 2.75) is 11.0 Å². The summed E-state index contributed by atoms with van der Waals surface area (Å²) in [5.74, 6) is 0. The highest BCUT2D eigenvalue weighted by Crippen LogP contribution is 2.36. The molecular weight excluding hydrogens is 266 g/mol. The van der Waals surface area contributed by atoms with Crippen LogP contribution in [0.25, 0.3) is 0 Å². The highest BCUT2D eigenvalue weighted by atomic mass is 33.2. The molecule has 12 heteroatoms. The van der Waals surface area contributed by atoms with Crippen LogP contribution in [0.1, 0.15) is 0 Å². The summed E-state index contributed by atoms with van der Waals surface area (Å²) in [5.41, 5.74) is -13.0. The molecule has 0 spiro atoms. The Bertz CT molecular complexity index is 366. The Labute approximate surface area is 72.7 Å². The maximum atomic E-state index is 11.4. The van der Waals surface area contributed by atoms with Gasteiger partial charge in [0.2, 0.25) is 0 Å². The fourth-order valence-electron chi connectivity index (χ4n) is 0.249. The second-order valence-electron chi connectivity index (χ2n) is 1.80. The van der Waals surface area contributed by atoms with Gasteiger partial charge in [0.1, 0.15) is 0 Å². The van der Waals surface area contributed by atoms with Gasteiger partial charge in [-0.2, -0.15) is 26.3 Å². The quantitative estimate of drug-likeness (QED) is 0.519. The molecule has 0 fully saturated rings. The van der Waals surface area contributed by atoms with E-state index in [-0.39, 0.29) is 0 Å². The fourth-order valence-corrected chi connectivity index (χ4v) is 2.24. The number of hydrogen-bond acceptors (Lipinski definition) is 4. The van der Waals surface area contributed by atoms with Gasteiger partial charge in [-0.25, -0.2) is 16.8 Å². The van der Waals surface area contributed by atoms with Crippen LogP contribution in [0.4, 0.5) is 26.3 Å². The normalized spacial score (nSPS) is 15.6. The van der Waals surface area contributed by atoms with E-state index in [0.29, 0.717) is 0 Å². The monoisotopic (exact) mass is 266 g/mol. The molecular formula is C2F6O4S2. The Balaban J connectivity index is 5.85. The molecule has 0 atom stereocenters. The van der Waals surface area contributed by atoms with Crippen LogP contribution in [0.15, 0.2) is 0 Å². The van der Waals surface area contributed by atoms with E-state index in [1.807, 2.05) is 0 Å². The van der Waals surface area contributed by atoms with Gasteiger partial charge >= 0.3 is 28.8 Å². The van der Waals surface area contributed by atoms with Crippen LogP contribution in [0, 0.1) is 0 Å². The Morgan fingerprint density at radius 3 is 0.786 bits per heavy atom. The van der Waals surface area contributed by atoms with Gasteiger partial charge in [-0.3, -0.25) is 0 Å². The largest absolute Gasteiger partial charge is 0.512 e. The zero-order valence-electron chi connectivity index (χ0n) is 5.72. The standard InChI is InChI=1S/C2F6O4S2/c3-1(4,5)13(9,10)14(11,12)2(6,7)8. The molecule has 0 rings (SSSR count). The lowest BCUT2D eigenvalue weighted by molar-refractivity contribution is -0.0498. The van der Waals surface area contributed by atoms with E-state index < -0.39 is 28.8 Å². The van der Waals surface area contributed by atoms with Crippen molar-refractivity contribution in [3.8, 4) is 0 Å². The number of halogens is 6. The Morgan fingerprint density at radius 2 is 0.714 bits per heavy atom. The minimum Gasteiger partial charge on any atom is -0.203 e. The Hall–Kier alpha value is -0.520. The third kappa shape index (κ3) is 1.80. The van der Waals surface area contributed by atoms with Crippen molar-refractivity contribution in [1.82, 2.24) is 0 Å². The van der Waals surface area contributed by atoms with Gasteiger partial charge in [-0.05, 0) is 0 Å². The van der Waals surface area contributed by atoms with Crippen LogP contribution < -0.4 is 0 Å². The Morgan fingerprint density at radius 1 is 0.571 bits per heavy atom. The number of alkyl halides is 6. The maximum Gasteiger partial charge on any atom is 0.512 e. The molecule has 0 heterocycles. The van der Waals surface area contributed by atoms with Gasteiger partial charge in [0, 0.05) is 0 Å². The van der Waals surface area contributed by atoms with Crippen molar-refractivity contribution in [2.75, 3.05) is 0 Å². The molecule has 0 aliphatic carbocycles. The average molecular weight is 266 g/mol. The first-order valence-corrected chi connectivity index (χ1v) is 5.86. The third-order valence-corrected chi connectivity index (χ3v) is 5.43. The molecule has 0 saturated heterocycles. The summed E-state index contributed by atoms with van der Waals surface area (Å²) in [7, 11) is -14.6. The molecule has 0 aromatic heterocycles. The molecule has 0 radical (unpaired) electrons. The van der Waals surface area contributed by atoms with Gasteiger partial charge in [0.15, 0.2) is 0 Å². The molecule has 0 N–H and O–H groups in total. The zero-order valence-corrected chi connectivity index (χ0v) is 7.35. The van der Waals surface area contributed by atoms with Crippen molar-refractivity contribution >= 4 is 17.7 Å². The zero-order chi connectivity index (χ0) is 12.0. The highest BCUT2D eigenvalue weighted by Gasteiger charge is 2.66. The van der Waals surface area contributed by atoms with Crippen molar-refractivity contribution < 1.29 is 43.2 Å². The van der Waals surface area contributed by atoms with Crippen LogP contribution in [0.3, 0.4) is 0 Å². The number of hydrogen-bond donors (Lipinski definition) is 0. The van der Waals surface area contributed by atoms with E-state index >= 15 is 0 Å². The molecule has 0 amide bonds. The lowest BCUT2D eigenvalue weighted by Gasteiger charge is -2.10. The first-order valence-electron chi connectivity index (χ1n) is 2.38. The molecule has 0 saturated carbocycles. The second-order valence-corrected chi connectivity index (χ2v) is 7.18. The van der Waals surface area contributed by atoms with Crippen LogP contribution in [0.2, 0.25) is 0 Å². The lowest BCUT2D eigenvalue weighted by atomic mass is 11.6. The third-order valence-electron chi connectivity index (χ3n) is 0.856. The summed E-state index contributed by atoms with van der Waals surface area (Å²) in [4.78, 5) is 0. The van der Waals surface area contributed by atoms with Gasteiger partial charge < -0.3 is 0 Å². The fraction of sp³-hybridized carbons (Fsp3) is 1.00.